The van der Waals surface area contributed by atoms with E-state index in [0.717, 1.165) is 5.56 Å². The first-order valence-electron chi connectivity index (χ1n) is 10.0. The number of carbonyl (C=O) groups excluding carboxylic acids is 2. The van der Waals surface area contributed by atoms with Crippen molar-refractivity contribution in [3.63, 3.8) is 0 Å². The smallest absolute Gasteiger partial charge is 0.242 e. The molecule has 0 unspecified atom stereocenters. The van der Waals surface area contributed by atoms with Gasteiger partial charge in [0.2, 0.25) is 11.8 Å². The molecule has 0 aliphatic heterocycles. The number of nitrogens with one attached hydrogen (secondary N) is 1. The van der Waals surface area contributed by atoms with Gasteiger partial charge in [0.25, 0.3) is 0 Å². The van der Waals surface area contributed by atoms with Gasteiger partial charge in [-0.2, -0.15) is 0 Å². The summed E-state index contributed by atoms with van der Waals surface area (Å²) < 4.78 is 14.4. The molecule has 3 rings (SSSR count). The van der Waals surface area contributed by atoms with E-state index in [9.17, 15) is 14.0 Å². The van der Waals surface area contributed by atoms with Gasteiger partial charge in [-0.1, -0.05) is 78.3 Å². The van der Waals surface area contributed by atoms with Gasteiger partial charge in [-0.25, -0.2) is 4.39 Å². The van der Waals surface area contributed by atoms with Crippen molar-refractivity contribution in [3.8, 4) is 0 Å². The van der Waals surface area contributed by atoms with Gasteiger partial charge >= 0.3 is 0 Å². The highest BCUT2D eigenvalue weighted by Gasteiger charge is 2.30. The van der Waals surface area contributed by atoms with Crippen LogP contribution in [-0.4, -0.2) is 29.8 Å². The minimum atomic E-state index is -0.804. The summed E-state index contributed by atoms with van der Waals surface area (Å²) in [7, 11) is 1.53. The summed E-state index contributed by atoms with van der Waals surface area (Å²) in [6.07, 6.45) is 0.319. The molecular formula is C25H24ClFN2O2. The third kappa shape index (κ3) is 5.92. The maximum Gasteiger partial charge on any atom is 0.242 e. The molecule has 31 heavy (non-hydrogen) atoms. The Bertz CT molecular complexity index is 1040. The molecule has 0 spiro atoms. The van der Waals surface area contributed by atoms with E-state index < -0.39 is 11.9 Å². The predicted octanol–water partition coefficient (Wildman–Crippen LogP) is 4.41. The molecule has 2 amide bonds. The number of amides is 2. The second-order valence-electron chi connectivity index (χ2n) is 7.20. The number of halogens is 2. The molecule has 0 heterocycles. The number of carbonyl (C=O) groups is 2. The SMILES string of the molecule is CNC(=O)[C@@H](Cc1ccccc1)N(Cc1ccccc1F)C(=O)Cc1ccccc1Cl. The van der Waals surface area contributed by atoms with Gasteiger partial charge in [0.1, 0.15) is 11.9 Å². The summed E-state index contributed by atoms with van der Waals surface area (Å²) in [5.74, 6) is -1.04. The van der Waals surface area contributed by atoms with E-state index in [1.165, 1.54) is 18.0 Å². The molecule has 0 aliphatic rings. The van der Waals surface area contributed by atoms with Crippen molar-refractivity contribution in [1.29, 1.82) is 0 Å². The van der Waals surface area contributed by atoms with E-state index in [4.69, 9.17) is 11.6 Å². The van der Waals surface area contributed by atoms with Crippen LogP contribution in [0.3, 0.4) is 0 Å². The van der Waals surface area contributed by atoms with Crippen molar-refractivity contribution in [2.45, 2.75) is 25.4 Å². The molecule has 6 heteroatoms. The van der Waals surface area contributed by atoms with Crippen molar-refractivity contribution in [3.05, 3.63) is 106 Å². The third-order valence-corrected chi connectivity index (χ3v) is 5.48. The Morgan fingerprint density at radius 2 is 1.55 bits per heavy atom. The molecule has 0 aliphatic carbocycles. The van der Waals surface area contributed by atoms with E-state index in [1.807, 2.05) is 30.3 Å². The lowest BCUT2D eigenvalue weighted by Crippen LogP contribution is -2.50. The van der Waals surface area contributed by atoms with E-state index in [1.54, 1.807) is 42.5 Å². The summed E-state index contributed by atoms with van der Waals surface area (Å²) in [6.45, 7) is -0.0269. The fourth-order valence-corrected chi connectivity index (χ4v) is 3.64. The minimum Gasteiger partial charge on any atom is -0.357 e. The average molecular weight is 439 g/mol. The first-order valence-corrected chi connectivity index (χ1v) is 10.4. The van der Waals surface area contributed by atoms with E-state index in [0.29, 0.717) is 22.6 Å². The van der Waals surface area contributed by atoms with Crippen LogP contribution in [0.4, 0.5) is 4.39 Å². The summed E-state index contributed by atoms with van der Waals surface area (Å²) in [6, 6.07) is 22.0. The molecule has 3 aromatic rings. The highest BCUT2D eigenvalue weighted by atomic mass is 35.5. The number of nitrogens with zero attached hydrogens (tertiary/aromatic N) is 1. The zero-order valence-electron chi connectivity index (χ0n) is 17.2. The molecule has 1 N–H and O–H groups in total. The normalized spacial score (nSPS) is 11.6. The second kappa shape index (κ2) is 10.7. The Morgan fingerprint density at radius 3 is 2.19 bits per heavy atom. The van der Waals surface area contributed by atoms with Crippen molar-refractivity contribution in [2.24, 2.45) is 0 Å². The maximum atomic E-state index is 14.4. The summed E-state index contributed by atoms with van der Waals surface area (Å²) in [5, 5.41) is 3.12. The lowest BCUT2D eigenvalue weighted by Gasteiger charge is -2.31. The van der Waals surface area contributed by atoms with Gasteiger partial charge in [0.15, 0.2) is 0 Å². The van der Waals surface area contributed by atoms with Crippen LogP contribution in [0.5, 0.6) is 0 Å². The number of hydrogen-bond donors (Lipinski definition) is 1. The molecule has 4 nitrogen and oxygen atoms in total. The maximum absolute atomic E-state index is 14.4. The van der Waals surface area contributed by atoms with Crippen molar-refractivity contribution < 1.29 is 14.0 Å². The van der Waals surface area contributed by atoms with E-state index >= 15 is 0 Å². The monoisotopic (exact) mass is 438 g/mol. The Morgan fingerprint density at radius 1 is 0.935 bits per heavy atom. The molecule has 0 fully saturated rings. The molecule has 0 saturated carbocycles. The van der Waals surface area contributed by atoms with Crippen LogP contribution < -0.4 is 5.32 Å². The highest BCUT2D eigenvalue weighted by Crippen LogP contribution is 2.20. The number of hydrogen-bond acceptors (Lipinski definition) is 2. The van der Waals surface area contributed by atoms with Crippen molar-refractivity contribution in [2.75, 3.05) is 7.05 Å². The Hall–Kier alpha value is -3.18. The van der Waals surface area contributed by atoms with Gasteiger partial charge in [-0.05, 0) is 23.3 Å². The fraction of sp³-hybridized carbons (Fsp3) is 0.200. The lowest BCUT2D eigenvalue weighted by molar-refractivity contribution is -0.140. The zero-order valence-corrected chi connectivity index (χ0v) is 18.0. The molecular weight excluding hydrogens is 415 g/mol. The zero-order chi connectivity index (χ0) is 22.2. The van der Waals surface area contributed by atoms with Gasteiger partial charge in [-0.3, -0.25) is 9.59 Å². The van der Waals surface area contributed by atoms with Crippen LogP contribution in [0.1, 0.15) is 16.7 Å². The van der Waals surface area contributed by atoms with Crippen molar-refractivity contribution in [1.82, 2.24) is 10.2 Å². The minimum absolute atomic E-state index is 0.0103. The fourth-order valence-electron chi connectivity index (χ4n) is 3.44. The van der Waals surface area contributed by atoms with Crippen LogP contribution >= 0.6 is 11.6 Å². The summed E-state index contributed by atoms with van der Waals surface area (Å²) >= 11 is 6.25. The molecule has 0 saturated heterocycles. The molecule has 0 radical (unpaired) electrons. The lowest BCUT2D eigenvalue weighted by atomic mass is 10.0. The molecule has 160 valence electrons. The van der Waals surface area contributed by atoms with E-state index in [-0.39, 0.29) is 24.8 Å². The van der Waals surface area contributed by atoms with Gasteiger partial charge in [-0.15, -0.1) is 0 Å². The highest BCUT2D eigenvalue weighted by molar-refractivity contribution is 6.31. The second-order valence-corrected chi connectivity index (χ2v) is 7.61. The Labute approximate surface area is 186 Å². The number of likely N-dealkylation sites (N-methyl/N-ethyl adjacent to an activating group) is 1. The van der Waals surface area contributed by atoms with Gasteiger partial charge in [0.05, 0.1) is 6.42 Å². The van der Waals surface area contributed by atoms with Crippen LogP contribution in [-0.2, 0) is 29.0 Å². The molecule has 1 atom stereocenters. The van der Waals surface area contributed by atoms with Crippen LogP contribution in [0.25, 0.3) is 0 Å². The van der Waals surface area contributed by atoms with Crippen LogP contribution in [0.2, 0.25) is 5.02 Å². The Balaban J connectivity index is 1.97. The molecule has 0 aromatic heterocycles. The van der Waals surface area contributed by atoms with Crippen LogP contribution in [0, 0.1) is 5.82 Å². The van der Waals surface area contributed by atoms with Gasteiger partial charge in [0, 0.05) is 30.6 Å². The summed E-state index contributed by atoms with van der Waals surface area (Å²) in [4.78, 5) is 27.7. The molecule has 0 bridgehead atoms. The first kappa shape index (κ1) is 22.5. The quantitative estimate of drug-likeness (QED) is 0.566. The molecule has 3 aromatic carbocycles. The predicted molar refractivity (Wildman–Crippen MR) is 120 cm³/mol. The summed E-state index contributed by atoms with van der Waals surface area (Å²) in [5.41, 5.74) is 1.90. The van der Waals surface area contributed by atoms with E-state index in [2.05, 4.69) is 5.32 Å². The third-order valence-electron chi connectivity index (χ3n) is 5.12. The van der Waals surface area contributed by atoms with Crippen molar-refractivity contribution >= 4 is 23.4 Å². The number of rotatable bonds is 8. The standard InChI is InChI=1S/C25H24ClFN2O2/c1-28-25(31)23(15-18-9-3-2-4-10-18)29(17-20-12-6-8-14-22(20)27)24(30)16-19-11-5-7-13-21(19)26/h2-14,23H,15-17H2,1H3,(H,28,31)/t23-/m1/s1. The number of benzene rings is 3. The van der Waals surface area contributed by atoms with Crippen LogP contribution in [0.15, 0.2) is 78.9 Å². The Kier molecular flexibility index (Phi) is 7.79. The topological polar surface area (TPSA) is 49.4 Å². The largest absolute Gasteiger partial charge is 0.357 e. The average Bonchev–Trinajstić information content (AvgIpc) is 2.79. The van der Waals surface area contributed by atoms with Gasteiger partial charge < -0.3 is 10.2 Å². The first-order chi connectivity index (χ1) is 15.0.